The van der Waals surface area contributed by atoms with E-state index in [1.165, 1.54) is 6.92 Å². The Labute approximate surface area is 68.6 Å². The second kappa shape index (κ2) is 2.85. The number of rotatable bonds is 0. The second-order valence-corrected chi connectivity index (χ2v) is 2.75. The third-order valence-corrected chi connectivity index (χ3v) is 1.95. The highest BCUT2D eigenvalue weighted by atomic mass is 16.4. The SMILES string of the molecule is CC1=C(O)[C@@H](O)[C@H](O)[C@@H](O)C1=O. The van der Waals surface area contributed by atoms with Crippen molar-refractivity contribution in [2.75, 3.05) is 0 Å². The zero-order valence-corrected chi connectivity index (χ0v) is 6.43. The Balaban J connectivity index is 3.08. The van der Waals surface area contributed by atoms with E-state index in [-0.39, 0.29) is 5.57 Å². The van der Waals surface area contributed by atoms with Gasteiger partial charge in [-0.1, -0.05) is 0 Å². The molecular formula is C7H10O5. The van der Waals surface area contributed by atoms with Crippen LogP contribution in [-0.4, -0.2) is 44.5 Å². The average Bonchev–Trinajstić information content (AvgIpc) is 2.08. The number of hydrogen-bond acceptors (Lipinski definition) is 5. The average molecular weight is 174 g/mol. The van der Waals surface area contributed by atoms with Crippen LogP contribution in [0.1, 0.15) is 6.92 Å². The Morgan fingerprint density at radius 1 is 1.17 bits per heavy atom. The number of Topliss-reactive ketones (excluding diaryl/α,β-unsaturated/α-hetero) is 1. The van der Waals surface area contributed by atoms with Crippen LogP contribution in [0.5, 0.6) is 0 Å². The van der Waals surface area contributed by atoms with Crippen molar-refractivity contribution in [3.8, 4) is 0 Å². The monoisotopic (exact) mass is 174 g/mol. The highest BCUT2D eigenvalue weighted by molar-refractivity contribution is 6.00. The largest absolute Gasteiger partial charge is 0.509 e. The molecule has 5 heteroatoms. The van der Waals surface area contributed by atoms with Gasteiger partial charge in [-0.3, -0.25) is 4.79 Å². The first-order valence-electron chi connectivity index (χ1n) is 3.45. The van der Waals surface area contributed by atoms with Gasteiger partial charge in [0.25, 0.3) is 0 Å². The fourth-order valence-corrected chi connectivity index (χ4v) is 1.06. The number of aliphatic hydroxyl groups excluding tert-OH is 4. The molecule has 0 aromatic rings. The van der Waals surface area contributed by atoms with E-state index in [0.717, 1.165) is 0 Å². The van der Waals surface area contributed by atoms with Gasteiger partial charge >= 0.3 is 0 Å². The lowest BCUT2D eigenvalue weighted by atomic mass is 9.90. The van der Waals surface area contributed by atoms with Crippen molar-refractivity contribution in [2.45, 2.75) is 25.2 Å². The van der Waals surface area contributed by atoms with Crippen molar-refractivity contribution in [2.24, 2.45) is 0 Å². The van der Waals surface area contributed by atoms with Crippen LogP contribution < -0.4 is 0 Å². The highest BCUT2D eigenvalue weighted by Gasteiger charge is 2.39. The predicted octanol–water partition coefficient (Wildman–Crippen LogP) is -1.52. The standard InChI is InChI=1S/C7H10O5/c1-2-3(8)5(10)7(12)6(11)4(2)9/h5-8,10-12H,1H3/t5-,6+,7+/m1/s1. The Bertz CT molecular complexity index is 244. The summed E-state index contributed by atoms with van der Waals surface area (Å²) in [6.45, 7) is 1.27. The molecule has 68 valence electrons. The number of carbonyl (C=O) groups excluding carboxylic acids is 1. The summed E-state index contributed by atoms with van der Waals surface area (Å²) in [7, 11) is 0. The molecule has 0 aromatic heterocycles. The molecule has 0 aromatic carbocycles. The molecule has 0 spiro atoms. The van der Waals surface area contributed by atoms with Gasteiger partial charge in [0.2, 0.25) is 0 Å². The zero-order chi connectivity index (χ0) is 9.46. The van der Waals surface area contributed by atoms with Crippen molar-refractivity contribution in [1.82, 2.24) is 0 Å². The molecule has 0 bridgehead atoms. The van der Waals surface area contributed by atoms with E-state index in [9.17, 15) is 4.79 Å². The van der Waals surface area contributed by atoms with Gasteiger partial charge in [-0.05, 0) is 6.92 Å². The van der Waals surface area contributed by atoms with Gasteiger partial charge in [0, 0.05) is 5.57 Å². The molecule has 3 atom stereocenters. The fourth-order valence-electron chi connectivity index (χ4n) is 1.06. The summed E-state index contributed by atoms with van der Waals surface area (Å²) in [6, 6.07) is 0. The lowest BCUT2D eigenvalue weighted by molar-refractivity contribution is -0.138. The number of hydrogen-bond donors (Lipinski definition) is 4. The third-order valence-electron chi connectivity index (χ3n) is 1.95. The molecule has 1 aliphatic rings. The maximum Gasteiger partial charge on any atom is 0.193 e. The van der Waals surface area contributed by atoms with Crippen LogP contribution in [-0.2, 0) is 4.79 Å². The maximum absolute atomic E-state index is 11.0. The van der Waals surface area contributed by atoms with E-state index in [0.29, 0.717) is 0 Å². The van der Waals surface area contributed by atoms with Crippen molar-refractivity contribution in [3.05, 3.63) is 11.3 Å². The first-order chi connectivity index (χ1) is 5.46. The van der Waals surface area contributed by atoms with E-state index < -0.39 is 29.9 Å². The Morgan fingerprint density at radius 3 is 2.17 bits per heavy atom. The molecule has 12 heavy (non-hydrogen) atoms. The third kappa shape index (κ3) is 1.12. The number of aliphatic hydroxyl groups is 4. The van der Waals surface area contributed by atoms with Crippen molar-refractivity contribution in [1.29, 1.82) is 0 Å². The van der Waals surface area contributed by atoms with Crippen LogP contribution in [0.2, 0.25) is 0 Å². The van der Waals surface area contributed by atoms with Gasteiger partial charge in [-0.25, -0.2) is 0 Å². The molecule has 0 aliphatic heterocycles. The van der Waals surface area contributed by atoms with Crippen LogP contribution in [0.4, 0.5) is 0 Å². The van der Waals surface area contributed by atoms with Crippen LogP contribution in [0, 0.1) is 0 Å². The molecule has 0 fully saturated rings. The van der Waals surface area contributed by atoms with Gasteiger partial charge in [-0.2, -0.15) is 0 Å². The predicted molar refractivity (Wildman–Crippen MR) is 38.4 cm³/mol. The summed E-state index contributed by atoms with van der Waals surface area (Å²) in [4.78, 5) is 11.0. The van der Waals surface area contributed by atoms with Crippen LogP contribution in [0.25, 0.3) is 0 Å². The minimum absolute atomic E-state index is 0.111. The van der Waals surface area contributed by atoms with E-state index in [1.807, 2.05) is 0 Å². The molecule has 1 aliphatic carbocycles. The maximum atomic E-state index is 11.0. The lowest BCUT2D eigenvalue weighted by Gasteiger charge is -2.27. The summed E-state index contributed by atoms with van der Waals surface area (Å²) < 4.78 is 0. The fraction of sp³-hybridized carbons (Fsp3) is 0.571. The van der Waals surface area contributed by atoms with Crippen molar-refractivity contribution < 1.29 is 25.2 Å². The topological polar surface area (TPSA) is 98.0 Å². The Hall–Kier alpha value is -0.910. The van der Waals surface area contributed by atoms with E-state index >= 15 is 0 Å². The van der Waals surface area contributed by atoms with E-state index in [2.05, 4.69) is 0 Å². The Morgan fingerprint density at radius 2 is 1.67 bits per heavy atom. The number of carbonyl (C=O) groups is 1. The van der Waals surface area contributed by atoms with Crippen LogP contribution in [0.3, 0.4) is 0 Å². The molecule has 0 heterocycles. The molecule has 0 saturated carbocycles. The minimum Gasteiger partial charge on any atom is -0.509 e. The molecule has 0 saturated heterocycles. The number of ketones is 1. The molecule has 0 radical (unpaired) electrons. The van der Waals surface area contributed by atoms with Gasteiger partial charge < -0.3 is 20.4 Å². The molecule has 5 nitrogen and oxygen atoms in total. The summed E-state index contributed by atoms with van der Waals surface area (Å²) in [5.41, 5.74) is -0.111. The van der Waals surface area contributed by atoms with Gasteiger partial charge in [-0.15, -0.1) is 0 Å². The second-order valence-electron chi connectivity index (χ2n) is 2.75. The van der Waals surface area contributed by atoms with Crippen molar-refractivity contribution >= 4 is 5.78 Å². The minimum atomic E-state index is -1.64. The summed E-state index contributed by atoms with van der Waals surface area (Å²) in [5, 5.41) is 36.1. The van der Waals surface area contributed by atoms with Crippen LogP contribution in [0.15, 0.2) is 11.3 Å². The molecule has 0 amide bonds. The lowest BCUT2D eigenvalue weighted by Crippen LogP contribution is -2.48. The molecule has 1 rings (SSSR count). The summed E-state index contributed by atoms with van der Waals surface area (Å²) in [5.74, 6) is -1.33. The Kier molecular flexibility index (Phi) is 2.18. The molecule has 4 N–H and O–H groups in total. The zero-order valence-electron chi connectivity index (χ0n) is 6.43. The van der Waals surface area contributed by atoms with Crippen molar-refractivity contribution in [3.63, 3.8) is 0 Å². The smallest absolute Gasteiger partial charge is 0.193 e. The summed E-state index contributed by atoms with van der Waals surface area (Å²) >= 11 is 0. The molecular weight excluding hydrogens is 164 g/mol. The highest BCUT2D eigenvalue weighted by Crippen LogP contribution is 2.20. The van der Waals surface area contributed by atoms with Gasteiger partial charge in [0.1, 0.15) is 24.1 Å². The van der Waals surface area contributed by atoms with Gasteiger partial charge in [0.15, 0.2) is 5.78 Å². The molecule has 0 unspecified atom stereocenters. The van der Waals surface area contributed by atoms with Crippen LogP contribution >= 0.6 is 0 Å². The van der Waals surface area contributed by atoms with E-state index in [4.69, 9.17) is 20.4 Å². The quantitative estimate of drug-likeness (QED) is 0.357. The first kappa shape index (κ1) is 9.18. The first-order valence-corrected chi connectivity index (χ1v) is 3.45. The summed E-state index contributed by atoms with van der Waals surface area (Å²) in [6.07, 6.45) is -4.85. The van der Waals surface area contributed by atoms with Gasteiger partial charge in [0.05, 0.1) is 0 Å². The van der Waals surface area contributed by atoms with E-state index in [1.54, 1.807) is 0 Å². The normalized spacial score (nSPS) is 37.3.